The van der Waals surface area contributed by atoms with Gasteiger partial charge in [0.2, 0.25) is 5.91 Å². The third kappa shape index (κ3) is 5.60. The first-order valence-electron chi connectivity index (χ1n) is 8.64. The summed E-state index contributed by atoms with van der Waals surface area (Å²) in [6, 6.07) is 10.2. The number of sulfone groups is 1. The second-order valence-corrected chi connectivity index (χ2v) is 9.91. The van der Waals surface area contributed by atoms with Gasteiger partial charge in [0, 0.05) is 37.2 Å². The van der Waals surface area contributed by atoms with Crippen LogP contribution in [0.5, 0.6) is 0 Å². The van der Waals surface area contributed by atoms with Gasteiger partial charge in [0.1, 0.15) is 5.82 Å². The number of aromatic nitrogens is 2. The Kier molecular flexibility index (Phi) is 6.37. The number of carbonyl (C=O) groups excluding carboxylic acids is 1. The van der Waals surface area contributed by atoms with Crippen LogP contribution in [-0.4, -0.2) is 52.9 Å². The third-order valence-electron chi connectivity index (χ3n) is 4.31. The highest BCUT2D eigenvalue weighted by Crippen LogP contribution is 2.23. The standard InChI is InChI=1S/C18H23N3O3S2/c22-18(13-25-16-7-11-26(23,24)14-16)20-8-6-17-19-9-10-21(17)12-15-4-2-1-3-5-15/h1-5,9-10,16H,6-8,11-14H2,(H,20,22). The number of hydrogen-bond donors (Lipinski definition) is 1. The molecule has 0 spiro atoms. The molecule has 140 valence electrons. The van der Waals surface area contributed by atoms with Crippen molar-refractivity contribution in [3.8, 4) is 0 Å². The molecule has 0 radical (unpaired) electrons. The predicted octanol–water partition coefficient (Wildman–Crippen LogP) is 1.51. The van der Waals surface area contributed by atoms with Crippen molar-refractivity contribution >= 4 is 27.5 Å². The average molecular weight is 394 g/mol. The Labute approximate surface area is 158 Å². The summed E-state index contributed by atoms with van der Waals surface area (Å²) in [5.74, 6) is 1.63. The van der Waals surface area contributed by atoms with E-state index >= 15 is 0 Å². The topological polar surface area (TPSA) is 81.1 Å². The Bertz CT molecular complexity index is 834. The van der Waals surface area contributed by atoms with Gasteiger partial charge in [0.25, 0.3) is 0 Å². The van der Waals surface area contributed by atoms with Crippen LogP contribution in [0.15, 0.2) is 42.7 Å². The van der Waals surface area contributed by atoms with Gasteiger partial charge in [-0.3, -0.25) is 4.79 Å². The molecule has 1 unspecified atom stereocenters. The molecule has 1 amide bonds. The normalized spacial score (nSPS) is 18.7. The molecule has 0 saturated carbocycles. The maximum absolute atomic E-state index is 12.0. The molecule has 1 aromatic heterocycles. The average Bonchev–Trinajstić information content (AvgIpc) is 3.20. The second-order valence-electron chi connectivity index (χ2n) is 6.39. The zero-order valence-corrected chi connectivity index (χ0v) is 16.1. The number of carbonyl (C=O) groups is 1. The van der Waals surface area contributed by atoms with E-state index in [1.54, 1.807) is 6.20 Å². The first kappa shape index (κ1) is 19.0. The maximum atomic E-state index is 12.0. The summed E-state index contributed by atoms with van der Waals surface area (Å²) in [5.41, 5.74) is 1.21. The predicted molar refractivity (Wildman–Crippen MR) is 104 cm³/mol. The summed E-state index contributed by atoms with van der Waals surface area (Å²) in [4.78, 5) is 16.3. The van der Waals surface area contributed by atoms with E-state index < -0.39 is 9.84 Å². The van der Waals surface area contributed by atoms with Gasteiger partial charge in [-0.05, 0) is 12.0 Å². The summed E-state index contributed by atoms with van der Waals surface area (Å²) < 4.78 is 24.9. The lowest BCUT2D eigenvalue weighted by Crippen LogP contribution is -2.28. The molecule has 1 saturated heterocycles. The van der Waals surface area contributed by atoms with Crippen LogP contribution < -0.4 is 5.32 Å². The van der Waals surface area contributed by atoms with Gasteiger partial charge < -0.3 is 9.88 Å². The molecule has 1 aliphatic rings. The quantitative estimate of drug-likeness (QED) is 0.735. The fourth-order valence-electron chi connectivity index (χ4n) is 2.94. The molecule has 2 aromatic rings. The van der Waals surface area contributed by atoms with Crippen LogP contribution in [0.4, 0.5) is 0 Å². The van der Waals surface area contributed by atoms with Crippen molar-refractivity contribution in [1.29, 1.82) is 0 Å². The van der Waals surface area contributed by atoms with Crippen molar-refractivity contribution in [2.45, 2.75) is 24.6 Å². The summed E-state index contributed by atoms with van der Waals surface area (Å²) >= 11 is 1.44. The lowest BCUT2D eigenvalue weighted by atomic mass is 10.2. The molecule has 3 rings (SSSR count). The molecule has 0 bridgehead atoms. The first-order chi connectivity index (χ1) is 12.5. The summed E-state index contributed by atoms with van der Waals surface area (Å²) in [5, 5.41) is 2.95. The number of rotatable bonds is 8. The molecule has 2 heterocycles. The molecule has 8 heteroatoms. The van der Waals surface area contributed by atoms with E-state index in [4.69, 9.17) is 0 Å². The molecule has 1 fully saturated rings. The van der Waals surface area contributed by atoms with E-state index in [-0.39, 0.29) is 22.7 Å². The van der Waals surface area contributed by atoms with Crippen LogP contribution in [0.2, 0.25) is 0 Å². The van der Waals surface area contributed by atoms with Crippen LogP contribution in [0.3, 0.4) is 0 Å². The largest absolute Gasteiger partial charge is 0.355 e. The molecule has 0 aliphatic carbocycles. The monoisotopic (exact) mass is 393 g/mol. The second kappa shape index (κ2) is 8.73. The number of imidazole rings is 1. The highest BCUT2D eigenvalue weighted by atomic mass is 32.2. The van der Waals surface area contributed by atoms with E-state index in [1.807, 2.05) is 24.4 Å². The van der Waals surface area contributed by atoms with Crippen LogP contribution in [-0.2, 0) is 27.6 Å². The van der Waals surface area contributed by atoms with Crippen molar-refractivity contribution < 1.29 is 13.2 Å². The van der Waals surface area contributed by atoms with E-state index in [1.165, 1.54) is 17.3 Å². The number of hydrogen-bond acceptors (Lipinski definition) is 5. The van der Waals surface area contributed by atoms with Gasteiger partial charge in [-0.2, -0.15) is 0 Å². The van der Waals surface area contributed by atoms with Crippen LogP contribution in [0, 0.1) is 0 Å². The highest BCUT2D eigenvalue weighted by molar-refractivity contribution is 8.02. The summed E-state index contributed by atoms with van der Waals surface area (Å²) in [6.07, 6.45) is 5.03. The molecule has 26 heavy (non-hydrogen) atoms. The third-order valence-corrected chi connectivity index (χ3v) is 7.59. The Balaban J connectivity index is 1.40. The number of nitrogens with zero attached hydrogens (tertiary/aromatic N) is 2. The van der Waals surface area contributed by atoms with Crippen molar-refractivity contribution in [1.82, 2.24) is 14.9 Å². The lowest BCUT2D eigenvalue weighted by molar-refractivity contribution is -0.118. The van der Waals surface area contributed by atoms with E-state index in [0.29, 0.717) is 25.1 Å². The van der Waals surface area contributed by atoms with Crippen LogP contribution >= 0.6 is 11.8 Å². The Hall–Kier alpha value is -1.80. The van der Waals surface area contributed by atoms with Gasteiger partial charge in [-0.1, -0.05) is 30.3 Å². The molecule has 1 atom stereocenters. The molecule has 1 N–H and O–H groups in total. The SMILES string of the molecule is O=C(CSC1CCS(=O)(=O)C1)NCCc1nccn1Cc1ccccc1. The minimum absolute atomic E-state index is 0.0514. The molecular weight excluding hydrogens is 370 g/mol. The van der Waals surface area contributed by atoms with E-state index in [0.717, 1.165) is 12.4 Å². The van der Waals surface area contributed by atoms with Gasteiger partial charge in [-0.15, -0.1) is 11.8 Å². The van der Waals surface area contributed by atoms with Gasteiger partial charge in [-0.25, -0.2) is 13.4 Å². The first-order valence-corrected chi connectivity index (χ1v) is 11.5. The number of amides is 1. The summed E-state index contributed by atoms with van der Waals surface area (Å²) in [7, 11) is -2.88. The fourth-order valence-corrected chi connectivity index (χ4v) is 6.42. The zero-order chi connectivity index (χ0) is 18.4. The van der Waals surface area contributed by atoms with Crippen LogP contribution in [0.25, 0.3) is 0 Å². The lowest BCUT2D eigenvalue weighted by Gasteiger charge is -2.10. The molecular formula is C18H23N3O3S2. The van der Waals surface area contributed by atoms with Gasteiger partial charge >= 0.3 is 0 Å². The summed E-state index contributed by atoms with van der Waals surface area (Å²) in [6.45, 7) is 1.28. The van der Waals surface area contributed by atoms with Crippen LogP contribution in [0.1, 0.15) is 17.8 Å². The zero-order valence-electron chi connectivity index (χ0n) is 14.5. The number of thioether (sulfide) groups is 1. The van der Waals surface area contributed by atoms with Crippen molar-refractivity contribution in [2.24, 2.45) is 0 Å². The fraction of sp³-hybridized carbons (Fsp3) is 0.444. The highest BCUT2D eigenvalue weighted by Gasteiger charge is 2.28. The smallest absolute Gasteiger partial charge is 0.230 e. The van der Waals surface area contributed by atoms with Crippen molar-refractivity contribution in [3.05, 3.63) is 54.1 Å². The Morgan fingerprint density at radius 1 is 1.31 bits per heavy atom. The minimum Gasteiger partial charge on any atom is -0.355 e. The van der Waals surface area contributed by atoms with Gasteiger partial charge in [0.15, 0.2) is 9.84 Å². The van der Waals surface area contributed by atoms with E-state index in [2.05, 4.69) is 27.0 Å². The molecule has 6 nitrogen and oxygen atoms in total. The minimum atomic E-state index is -2.88. The Morgan fingerprint density at radius 2 is 2.12 bits per heavy atom. The Morgan fingerprint density at radius 3 is 2.85 bits per heavy atom. The maximum Gasteiger partial charge on any atom is 0.230 e. The van der Waals surface area contributed by atoms with Crippen molar-refractivity contribution in [3.63, 3.8) is 0 Å². The van der Waals surface area contributed by atoms with Gasteiger partial charge in [0.05, 0.1) is 17.3 Å². The number of benzene rings is 1. The van der Waals surface area contributed by atoms with Crippen molar-refractivity contribution in [2.75, 3.05) is 23.8 Å². The number of nitrogens with one attached hydrogen (secondary N) is 1. The molecule has 1 aliphatic heterocycles. The molecule has 1 aromatic carbocycles. The van der Waals surface area contributed by atoms with E-state index in [9.17, 15) is 13.2 Å².